The van der Waals surface area contributed by atoms with Crippen molar-refractivity contribution >= 4 is 0 Å². The first kappa shape index (κ1) is 13.5. The van der Waals surface area contributed by atoms with Crippen molar-refractivity contribution < 1.29 is 13.2 Å². The average Bonchev–Trinajstić information content (AvgIpc) is 2.38. The molecule has 2 aromatic rings. The van der Waals surface area contributed by atoms with Gasteiger partial charge in [-0.3, -0.25) is 0 Å². The Morgan fingerprint density at radius 1 is 1.16 bits per heavy atom. The number of benzene rings is 1. The lowest BCUT2D eigenvalue weighted by Crippen LogP contribution is -2.16. The Morgan fingerprint density at radius 2 is 1.79 bits per heavy atom. The Balaban J connectivity index is 2.34. The van der Waals surface area contributed by atoms with E-state index in [2.05, 4.69) is 9.97 Å². The fourth-order valence-electron chi connectivity index (χ4n) is 1.62. The summed E-state index contributed by atoms with van der Waals surface area (Å²) in [6.45, 7) is 1.82. The van der Waals surface area contributed by atoms with Crippen LogP contribution in [0.1, 0.15) is 28.6 Å². The molecule has 2 N–H and O–H groups in total. The summed E-state index contributed by atoms with van der Waals surface area (Å²) >= 11 is 0. The van der Waals surface area contributed by atoms with Gasteiger partial charge in [-0.1, -0.05) is 12.1 Å². The summed E-state index contributed by atoms with van der Waals surface area (Å²) in [6.07, 6.45) is -1.23. The number of nitrogens with two attached hydrogens (primary N) is 1. The van der Waals surface area contributed by atoms with Gasteiger partial charge in [-0.05, 0) is 30.2 Å². The first-order chi connectivity index (χ1) is 8.88. The summed E-state index contributed by atoms with van der Waals surface area (Å²) in [4.78, 5) is 8.06. The summed E-state index contributed by atoms with van der Waals surface area (Å²) in [6, 6.07) is 4.11. The van der Waals surface area contributed by atoms with Gasteiger partial charge in [-0.25, -0.2) is 9.97 Å². The highest BCUT2D eigenvalue weighted by Crippen LogP contribution is 2.31. The lowest BCUT2D eigenvalue weighted by molar-refractivity contribution is -0.137. The smallest absolute Gasteiger partial charge is 0.318 e. The van der Waals surface area contributed by atoms with Crippen LogP contribution in [0.2, 0.25) is 0 Å². The molecule has 0 saturated heterocycles. The molecule has 19 heavy (non-hydrogen) atoms. The van der Waals surface area contributed by atoms with Gasteiger partial charge in [0.25, 0.3) is 0 Å². The maximum absolute atomic E-state index is 12.6. The lowest BCUT2D eigenvalue weighted by Gasteiger charge is -2.13. The predicted octanol–water partition coefficient (Wildman–Crippen LogP) is 2.85. The summed E-state index contributed by atoms with van der Waals surface area (Å²) in [5.74, 6) is 0.296. The summed E-state index contributed by atoms with van der Waals surface area (Å²) in [7, 11) is 0. The second-order valence-electron chi connectivity index (χ2n) is 4.22. The molecular formula is C13H12F3N3. The highest BCUT2D eigenvalue weighted by atomic mass is 19.4. The van der Waals surface area contributed by atoms with E-state index in [4.69, 9.17) is 5.73 Å². The Hall–Kier alpha value is -1.95. The molecule has 0 amide bonds. The van der Waals surface area contributed by atoms with Crippen LogP contribution in [-0.2, 0) is 6.18 Å². The van der Waals surface area contributed by atoms with Crippen molar-refractivity contribution in [3.63, 3.8) is 0 Å². The number of nitrogens with zero attached hydrogens (tertiary/aromatic N) is 2. The molecule has 1 heterocycles. The van der Waals surface area contributed by atoms with E-state index in [-0.39, 0.29) is 0 Å². The number of halogens is 3. The van der Waals surface area contributed by atoms with Crippen LogP contribution in [0.4, 0.5) is 13.2 Å². The monoisotopic (exact) mass is 267 g/mol. The zero-order chi connectivity index (χ0) is 14.0. The normalized spacial score (nSPS) is 13.3. The van der Waals surface area contributed by atoms with Crippen molar-refractivity contribution in [3.05, 3.63) is 59.2 Å². The zero-order valence-electron chi connectivity index (χ0n) is 10.1. The molecule has 0 aliphatic carbocycles. The molecule has 1 aromatic heterocycles. The van der Waals surface area contributed by atoms with Crippen LogP contribution in [0.25, 0.3) is 0 Å². The maximum Gasteiger partial charge on any atom is 0.416 e. The number of aryl methyl sites for hydroxylation is 1. The Kier molecular flexibility index (Phi) is 3.53. The molecule has 1 atom stereocenters. The number of hydrogen-bond acceptors (Lipinski definition) is 3. The van der Waals surface area contributed by atoms with Gasteiger partial charge < -0.3 is 5.73 Å². The van der Waals surface area contributed by atoms with E-state index in [1.807, 2.05) is 6.92 Å². The van der Waals surface area contributed by atoms with E-state index in [0.29, 0.717) is 11.4 Å². The minimum Gasteiger partial charge on any atom is -0.318 e. The molecular weight excluding hydrogens is 255 g/mol. The van der Waals surface area contributed by atoms with E-state index < -0.39 is 17.8 Å². The van der Waals surface area contributed by atoms with Gasteiger partial charge in [-0.2, -0.15) is 13.2 Å². The van der Waals surface area contributed by atoms with Crippen LogP contribution < -0.4 is 5.73 Å². The molecule has 1 unspecified atom stereocenters. The number of aromatic nitrogens is 2. The third kappa shape index (κ3) is 3.08. The molecule has 0 fully saturated rings. The highest BCUT2D eigenvalue weighted by molar-refractivity contribution is 5.30. The van der Waals surface area contributed by atoms with Crippen LogP contribution in [0, 0.1) is 6.92 Å². The molecule has 0 spiro atoms. The highest BCUT2D eigenvalue weighted by Gasteiger charge is 2.31. The Bertz CT molecular complexity index is 564. The van der Waals surface area contributed by atoms with Gasteiger partial charge in [0.1, 0.15) is 5.82 Å². The van der Waals surface area contributed by atoms with E-state index in [1.165, 1.54) is 12.1 Å². The number of rotatable bonds is 2. The molecule has 3 nitrogen and oxygen atoms in total. The summed E-state index contributed by atoms with van der Waals surface area (Å²) in [5, 5.41) is 0. The van der Waals surface area contributed by atoms with Crippen LogP contribution in [0.5, 0.6) is 0 Å². The van der Waals surface area contributed by atoms with E-state index >= 15 is 0 Å². The van der Waals surface area contributed by atoms with E-state index in [9.17, 15) is 13.2 Å². The number of alkyl halides is 3. The fourth-order valence-corrected chi connectivity index (χ4v) is 1.62. The molecule has 6 heteroatoms. The number of hydrogen-bond donors (Lipinski definition) is 1. The molecule has 1 aromatic carbocycles. The first-order valence-corrected chi connectivity index (χ1v) is 5.59. The van der Waals surface area contributed by atoms with Crippen molar-refractivity contribution in [3.8, 4) is 0 Å². The summed E-state index contributed by atoms with van der Waals surface area (Å²) < 4.78 is 37.8. The van der Waals surface area contributed by atoms with E-state index in [0.717, 1.165) is 17.7 Å². The van der Waals surface area contributed by atoms with Gasteiger partial charge in [0.2, 0.25) is 0 Å². The quantitative estimate of drug-likeness (QED) is 0.910. The Morgan fingerprint density at radius 3 is 2.37 bits per heavy atom. The molecule has 0 bridgehead atoms. The molecule has 0 saturated carbocycles. The SMILES string of the molecule is Cc1cnc(C(N)c2cccc(C(F)(F)F)c2)nc1. The molecule has 0 aliphatic heterocycles. The van der Waals surface area contributed by atoms with Crippen LogP contribution in [0.15, 0.2) is 36.7 Å². The molecule has 2 rings (SSSR count). The fraction of sp³-hybridized carbons (Fsp3) is 0.231. The average molecular weight is 267 g/mol. The van der Waals surface area contributed by atoms with Gasteiger partial charge in [0.05, 0.1) is 11.6 Å². The largest absolute Gasteiger partial charge is 0.416 e. The van der Waals surface area contributed by atoms with Crippen molar-refractivity contribution in [2.24, 2.45) is 5.73 Å². The van der Waals surface area contributed by atoms with Gasteiger partial charge in [0.15, 0.2) is 0 Å². The van der Waals surface area contributed by atoms with Gasteiger partial charge >= 0.3 is 6.18 Å². The summed E-state index contributed by atoms with van der Waals surface area (Å²) in [5.41, 5.74) is 6.35. The second kappa shape index (κ2) is 4.97. The third-order valence-corrected chi connectivity index (χ3v) is 2.65. The van der Waals surface area contributed by atoms with Gasteiger partial charge in [-0.15, -0.1) is 0 Å². The molecule has 100 valence electrons. The van der Waals surface area contributed by atoms with E-state index in [1.54, 1.807) is 12.4 Å². The first-order valence-electron chi connectivity index (χ1n) is 5.59. The van der Waals surface area contributed by atoms with Crippen molar-refractivity contribution in [1.82, 2.24) is 9.97 Å². The zero-order valence-corrected chi connectivity index (χ0v) is 10.1. The van der Waals surface area contributed by atoms with Crippen LogP contribution >= 0.6 is 0 Å². The topological polar surface area (TPSA) is 51.8 Å². The molecule has 0 radical (unpaired) electrons. The third-order valence-electron chi connectivity index (χ3n) is 2.65. The standard InChI is InChI=1S/C13H12F3N3/c1-8-6-18-12(19-7-8)11(17)9-3-2-4-10(5-9)13(14,15)16/h2-7,11H,17H2,1H3. The Labute approximate surface area is 108 Å². The molecule has 0 aliphatic rings. The van der Waals surface area contributed by atoms with Crippen molar-refractivity contribution in [2.75, 3.05) is 0 Å². The minimum absolute atomic E-state index is 0.296. The minimum atomic E-state index is -4.39. The van der Waals surface area contributed by atoms with Gasteiger partial charge in [0, 0.05) is 12.4 Å². The van der Waals surface area contributed by atoms with Crippen molar-refractivity contribution in [2.45, 2.75) is 19.1 Å². The predicted molar refractivity (Wildman–Crippen MR) is 64.2 cm³/mol. The van der Waals surface area contributed by atoms with Crippen molar-refractivity contribution in [1.29, 1.82) is 0 Å². The lowest BCUT2D eigenvalue weighted by atomic mass is 10.0. The second-order valence-corrected chi connectivity index (χ2v) is 4.22. The van der Waals surface area contributed by atoms with Crippen LogP contribution in [-0.4, -0.2) is 9.97 Å². The van der Waals surface area contributed by atoms with Crippen LogP contribution in [0.3, 0.4) is 0 Å². The maximum atomic E-state index is 12.6.